The zero-order chi connectivity index (χ0) is 12.7. The summed E-state index contributed by atoms with van der Waals surface area (Å²) in [7, 11) is 1.81. The minimum Gasteiger partial charge on any atom is -0.464 e. The lowest BCUT2D eigenvalue weighted by atomic mass is 10.0. The van der Waals surface area contributed by atoms with Gasteiger partial charge in [0.2, 0.25) is 5.91 Å². The van der Waals surface area contributed by atoms with Gasteiger partial charge in [0.05, 0.1) is 6.61 Å². The van der Waals surface area contributed by atoms with Gasteiger partial charge in [0.15, 0.2) is 0 Å². The molecule has 0 bridgehead atoms. The zero-order valence-corrected chi connectivity index (χ0v) is 10.7. The van der Waals surface area contributed by atoms with Crippen molar-refractivity contribution in [1.82, 2.24) is 10.2 Å². The fraction of sp³-hybridized carbons (Fsp3) is 0.833. The quantitative estimate of drug-likeness (QED) is 0.715. The summed E-state index contributed by atoms with van der Waals surface area (Å²) in [6.45, 7) is 3.47. The molecular weight excluding hydrogens is 220 g/mol. The number of nitrogens with one attached hydrogen (secondary N) is 1. The van der Waals surface area contributed by atoms with Gasteiger partial charge in [-0.25, -0.2) is 4.79 Å². The number of esters is 1. The number of carbonyl (C=O) groups is 2. The summed E-state index contributed by atoms with van der Waals surface area (Å²) in [5, 5.41) is 2.94. The molecule has 1 fully saturated rings. The molecule has 0 aliphatic carbocycles. The maximum atomic E-state index is 12.0. The van der Waals surface area contributed by atoms with Crippen LogP contribution >= 0.6 is 0 Å². The molecule has 1 N–H and O–H groups in total. The first-order valence-electron chi connectivity index (χ1n) is 6.31. The molecule has 17 heavy (non-hydrogen) atoms. The molecule has 5 nitrogen and oxygen atoms in total. The standard InChI is InChI=1S/C12H22N2O3/c1-3-17-12(16)10-6-4-5-9-14(10)11(15)7-8-13-2/h10,13H,3-9H2,1-2H3. The average Bonchev–Trinajstić information content (AvgIpc) is 2.36. The van der Waals surface area contributed by atoms with Crippen molar-refractivity contribution in [3.63, 3.8) is 0 Å². The van der Waals surface area contributed by atoms with Crippen LogP contribution in [0.25, 0.3) is 0 Å². The number of rotatable bonds is 5. The van der Waals surface area contributed by atoms with Crippen molar-refractivity contribution in [2.24, 2.45) is 0 Å². The average molecular weight is 242 g/mol. The predicted molar refractivity (Wildman–Crippen MR) is 64.5 cm³/mol. The van der Waals surface area contributed by atoms with Gasteiger partial charge in [-0.1, -0.05) is 0 Å². The molecular formula is C12H22N2O3. The number of piperidine rings is 1. The highest BCUT2D eigenvalue weighted by atomic mass is 16.5. The van der Waals surface area contributed by atoms with Gasteiger partial charge in [0.25, 0.3) is 0 Å². The number of hydrogen-bond donors (Lipinski definition) is 1. The van der Waals surface area contributed by atoms with Gasteiger partial charge in [-0.2, -0.15) is 0 Å². The first-order chi connectivity index (χ1) is 8.20. The van der Waals surface area contributed by atoms with Crippen molar-refractivity contribution in [2.45, 2.75) is 38.6 Å². The minimum atomic E-state index is -0.368. The second kappa shape index (κ2) is 7.27. The topological polar surface area (TPSA) is 58.6 Å². The Morgan fingerprint density at radius 3 is 2.82 bits per heavy atom. The van der Waals surface area contributed by atoms with Gasteiger partial charge in [0, 0.05) is 19.5 Å². The molecule has 1 unspecified atom stereocenters. The Bertz CT molecular complexity index is 268. The van der Waals surface area contributed by atoms with Crippen molar-refractivity contribution in [2.75, 3.05) is 26.7 Å². The third-order valence-electron chi connectivity index (χ3n) is 2.97. The maximum Gasteiger partial charge on any atom is 0.328 e. The van der Waals surface area contributed by atoms with Crippen LogP contribution in [0.1, 0.15) is 32.6 Å². The number of carbonyl (C=O) groups excluding carboxylic acids is 2. The molecule has 1 rings (SSSR count). The number of hydrogen-bond acceptors (Lipinski definition) is 4. The number of nitrogens with zero attached hydrogens (tertiary/aromatic N) is 1. The summed E-state index contributed by atoms with van der Waals surface area (Å²) in [6, 6.07) is -0.368. The minimum absolute atomic E-state index is 0.0390. The Hall–Kier alpha value is -1.10. The van der Waals surface area contributed by atoms with Crippen LogP contribution in [0.15, 0.2) is 0 Å². The molecule has 1 atom stereocenters. The molecule has 0 saturated carbocycles. The molecule has 98 valence electrons. The van der Waals surface area contributed by atoms with Crippen LogP contribution in [0.4, 0.5) is 0 Å². The smallest absolute Gasteiger partial charge is 0.328 e. The van der Waals surface area contributed by atoms with E-state index in [0.717, 1.165) is 19.3 Å². The molecule has 0 radical (unpaired) electrons. The molecule has 0 aromatic carbocycles. The van der Waals surface area contributed by atoms with Gasteiger partial charge in [-0.05, 0) is 33.2 Å². The summed E-state index contributed by atoms with van der Waals surface area (Å²) >= 11 is 0. The number of ether oxygens (including phenoxy) is 1. The molecule has 1 saturated heterocycles. The summed E-state index contributed by atoms with van der Waals surface area (Å²) in [5.74, 6) is -0.220. The van der Waals surface area contributed by atoms with Crippen molar-refractivity contribution in [1.29, 1.82) is 0 Å². The van der Waals surface area contributed by atoms with E-state index in [2.05, 4.69) is 5.32 Å². The normalized spacial score (nSPS) is 20.1. The molecule has 0 aromatic heterocycles. The van der Waals surface area contributed by atoms with E-state index in [-0.39, 0.29) is 17.9 Å². The molecule has 1 amide bonds. The molecule has 1 aliphatic heterocycles. The first-order valence-corrected chi connectivity index (χ1v) is 6.31. The van der Waals surface area contributed by atoms with E-state index in [9.17, 15) is 9.59 Å². The van der Waals surface area contributed by atoms with Crippen LogP contribution in [0.3, 0.4) is 0 Å². The Kier molecular flexibility index (Phi) is 5.97. The number of amides is 1. The second-order valence-corrected chi connectivity index (χ2v) is 4.20. The van der Waals surface area contributed by atoms with Gasteiger partial charge in [-0.3, -0.25) is 4.79 Å². The largest absolute Gasteiger partial charge is 0.464 e. The Labute approximate surface area is 102 Å². The Morgan fingerprint density at radius 1 is 1.41 bits per heavy atom. The van der Waals surface area contributed by atoms with Crippen molar-refractivity contribution in [3.05, 3.63) is 0 Å². The van der Waals surface area contributed by atoms with Gasteiger partial charge >= 0.3 is 5.97 Å². The van der Waals surface area contributed by atoms with Crippen molar-refractivity contribution < 1.29 is 14.3 Å². The fourth-order valence-electron chi connectivity index (χ4n) is 2.09. The highest BCUT2D eigenvalue weighted by Crippen LogP contribution is 2.19. The van der Waals surface area contributed by atoms with Crippen LogP contribution in [0.2, 0.25) is 0 Å². The Morgan fingerprint density at radius 2 is 2.18 bits per heavy atom. The number of likely N-dealkylation sites (tertiary alicyclic amines) is 1. The lowest BCUT2D eigenvalue weighted by molar-refractivity contribution is -0.156. The summed E-state index contributed by atoms with van der Waals surface area (Å²) in [4.78, 5) is 25.4. The third kappa shape index (κ3) is 4.00. The predicted octanol–water partition coefficient (Wildman–Crippen LogP) is 0.540. The van der Waals surface area contributed by atoms with E-state index in [4.69, 9.17) is 4.74 Å². The monoisotopic (exact) mass is 242 g/mol. The van der Waals surface area contributed by atoms with Gasteiger partial charge in [-0.15, -0.1) is 0 Å². The van der Waals surface area contributed by atoms with Crippen LogP contribution in [-0.2, 0) is 14.3 Å². The molecule has 5 heteroatoms. The summed E-state index contributed by atoms with van der Waals surface area (Å²) in [6.07, 6.45) is 3.12. The summed E-state index contributed by atoms with van der Waals surface area (Å²) < 4.78 is 5.02. The van der Waals surface area contributed by atoms with Crippen LogP contribution in [0, 0.1) is 0 Å². The fourth-order valence-corrected chi connectivity index (χ4v) is 2.09. The highest BCUT2D eigenvalue weighted by Gasteiger charge is 2.32. The lowest BCUT2D eigenvalue weighted by Crippen LogP contribution is -2.49. The van der Waals surface area contributed by atoms with E-state index in [1.54, 1.807) is 11.8 Å². The highest BCUT2D eigenvalue weighted by molar-refractivity contribution is 5.84. The van der Waals surface area contributed by atoms with Crippen molar-refractivity contribution in [3.8, 4) is 0 Å². The lowest BCUT2D eigenvalue weighted by Gasteiger charge is -2.34. The second-order valence-electron chi connectivity index (χ2n) is 4.20. The van der Waals surface area contributed by atoms with E-state index < -0.39 is 0 Å². The SMILES string of the molecule is CCOC(=O)C1CCCCN1C(=O)CCNC. The van der Waals surface area contributed by atoms with Crippen LogP contribution in [-0.4, -0.2) is 49.6 Å². The van der Waals surface area contributed by atoms with Crippen molar-refractivity contribution >= 4 is 11.9 Å². The molecule has 0 spiro atoms. The van der Waals surface area contributed by atoms with Gasteiger partial charge < -0.3 is 15.0 Å². The maximum absolute atomic E-state index is 12.0. The molecule has 0 aromatic rings. The van der Waals surface area contributed by atoms with E-state index >= 15 is 0 Å². The first kappa shape index (κ1) is 14.0. The Balaban J connectivity index is 2.58. The zero-order valence-electron chi connectivity index (χ0n) is 10.7. The third-order valence-corrected chi connectivity index (χ3v) is 2.97. The van der Waals surface area contributed by atoms with Crippen LogP contribution < -0.4 is 5.32 Å². The molecule has 1 aliphatic rings. The van der Waals surface area contributed by atoms with E-state index in [1.165, 1.54) is 0 Å². The van der Waals surface area contributed by atoms with Gasteiger partial charge in [0.1, 0.15) is 6.04 Å². The van der Waals surface area contributed by atoms with Crippen LogP contribution in [0.5, 0.6) is 0 Å². The van der Waals surface area contributed by atoms with E-state index in [1.807, 2.05) is 7.05 Å². The van der Waals surface area contributed by atoms with E-state index in [0.29, 0.717) is 26.1 Å². The summed E-state index contributed by atoms with van der Waals surface area (Å²) in [5.41, 5.74) is 0. The molecule has 1 heterocycles.